The Morgan fingerprint density at radius 3 is 1.44 bits per heavy atom. The number of ether oxygens (including phenoxy) is 5. The van der Waals surface area contributed by atoms with E-state index >= 15 is 0 Å². The summed E-state index contributed by atoms with van der Waals surface area (Å²) in [5.41, 5.74) is 14.2. The van der Waals surface area contributed by atoms with Crippen molar-refractivity contribution in [3.63, 3.8) is 0 Å². The van der Waals surface area contributed by atoms with Gasteiger partial charge in [0.05, 0.1) is 44.1 Å². The van der Waals surface area contributed by atoms with Gasteiger partial charge in [-0.25, -0.2) is 44.9 Å². The normalized spacial score (nSPS) is 25.1. The van der Waals surface area contributed by atoms with Gasteiger partial charge in [-0.05, 0) is 12.1 Å². The lowest BCUT2D eigenvalue weighted by atomic mass is 10.1. The molecule has 3 aliphatic rings. The standard InChI is InChI=1S/C20H19N5O5.C13H15N5O4.C10H13N5O4.C3H3Br.H3N.H2O/c1-2-8-29-16-15(27)13(9-26)30-20(16)25-11-23-14-17(21-10-22-18(14)25)24-19(28)12-6-4-3-5-7-12;1-2-3-21-10-9(20)7(4-19)22-13(10)18-6-17-8-11(14)15-5-16-12(8)18;11-8-5-9(13-2-12-8)15(3-14-5)10-7(18)6(17)4(1-16)19-10;1-2-3-4;;/h1,3-7,10-11,13,15-16,20,26-27H,8-9H2,(H,21,22,24,28);1,5-7,9-10,13,19-20H,3-4H2,(H2,14,15,16);2-4,6-7,10,16-18H,1H2,(H2,11,12,13);1H,3H2;1H3;1H2/t13-,15?,16+,20-;7-,9?,10+,13-;4-,6?,7+,10-;;;/m111.../s1. The van der Waals surface area contributed by atoms with Crippen LogP contribution in [-0.4, -0.2) is 199 Å². The summed E-state index contributed by atoms with van der Waals surface area (Å²) in [5.74, 6) is 7.38. The van der Waals surface area contributed by atoms with Crippen molar-refractivity contribution in [1.82, 2.24) is 64.7 Å². The number of benzene rings is 1. The lowest BCUT2D eigenvalue weighted by Gasteiger charge is -2.21. The van der Waals surface area contributed by atoms with Crippen LogP contribution < -0.4 is 22.9 Å². The molecule has 3 saturated heterocycles. The second-order valence-electron chi connectivity index (χ2n) is 16.0. The first kappa shape index (κ1) is 60.4. The fourth-order valence-corrected chi connectivity index (χ4v) is 7.96. The van der Waals surface area contributed by atoms with E-state index in [1.54, 1.807) is 33.4 Å². The van der Waals surface area contributed by atoms with Crippen molar-refractivity contribution < 1.29 is 69.7 Å². The van der Waals surface area contributed by atoms with Crippen LogP contribution >= 0.6 is 15.9 Å². The highest BCUT2D eigenvalue weighted by molar-refractivity contribution is 9.09. The summed E-state index contributed by atoms with van der Waals surface area (Å²) in [5, 5.41) is 71.5. The molecule has 0 radical (unpaired) electrons. The number of rotatable bonds is 12. The number of anilines is 3. The van der Waals surface area contributed by atoms with Crippen LogP contribution in [-0.2, 0) is 23.7 Å². The Bertz CT molecular complexity index is 3150. The third-order valence-electron chi connectivity index (χ3n) is 11.5. The Labute approximate surface area is 445 Å². The fourth-order valence-electron chi connectivity index (χ4n) is 7.96. The number of carbonyl (C=O) groups is 1. The van der Waals surface area contributed by atoms with Crippen molar-refractivity contribution in [3.05, 3.63) is 73.9 Å². The van der Waals surface area contributed by atoms with Crippen molar-refractivity contribution >= 4 is 72.8 Å². The highest BCUT2D eigenvalue weighted by atomic mass is 79.9. The van der Waals surface area contributed by atoms with Crippen molar-refractivity contribution in [3.8, 4) is 37.0 Å². The largest absolute Gasteiger partial charge is 0.412 e. The van der Waals surface area contributed by atoms with Gasteiger partial charge in [-0.3, -0.25) is 18.5 Å². The number of hydrogen-bond donors (Lipinski definition) is 11. The topological polar surface area (TPSA) is 466 Å². The van der Waals surface area contributed by atoms with Gasteiger partial charge in [-0.15, -0.1) is 19.3 Å². The van der Waals surface area contributed by atoms with Gasteiger partial charge < -0.3 is 87.8 Å². The summed E-state index contributed by atoms with van der Waals surface area (Å²) in [6.45, 7) is -1.17. The lowest BCUT2D eigenvalue weighted by Crippen LogP contribution is -2.35. The van der Waals surface area contributed by atoms with E-state index in [0.717, 1.165) is 0 Å². The van der Waals surface area contributed by atoms with E-state index < -0.39 is 86.8 Å². The number of nitrogens with zero attached hydrogens (tertiary/aromatic N) is 12. The molecule has 1 amide bonds. The van der Waals surface area contributed by atoms with Gasteiger partial charge in [0.1, 0.15) is 98.2 Å². The number of aromatic nitrogens is 12. The van der Waals surface area contributed by atoms with Gasteiger partial charge in [0.15, 0.2) is 58.6 Å². The quantitative estimate of drug-likeness (QED) is 0.0441. The minimum atomic E-state index is -1.19. The van der Waals surface area contributed by atoms with Gasteiger partial charge in [-0.2, -0.15) is 0 Å². The maximum atomic E-state index is 12.5. The molecule has 12 atom stereocenters. The Kier molecular flexibility index (Phi) is 22.0. The minimum Gasteiger partial charge on any atom is -0.412 e. The number of aliphatic hydroxyl groups is 7. The molecule has 410 valence electrons. The number of alkyl halides is 1. The number of nitrogen functional groups attached to an aromatic ring is 2. The molecule has 10 rings (SSSR count). The zero-order valence-corrected chi connectivity index (χ0v) is 42.0. The van der Waals surface area contributed by atoms with Crippen LogP contribution in [0.4, 0.5) is 17.5 Å². The number of carbonyl (C=O) groups excluding carboxylic acids is 1. The highest BCUT2D eigenvalue weighted by Crippen LogP contribution is 2.36. The van der Waals surface area contributed by atoms with Crippen molar-refractivity contribution in [2.75, 3.05) is 55.1 Å². The molecule has 0 saturated carbocycles. The number of nitrogens with one attached hydrogen (secondary N) is 1. The first-order valence-electron chi connectivity index (χ1n) is 22.4. The molecule has 9 heterocycles. The van der Waals surface area contributed by atoms with E-state index in [1.165, 1.54) is 42.5 Å². The molecule has 17 N–H and O–H groups in total. The van der Waals surface area contributed by atoms with E-state index in [2.05, 4.69) is 83.9 Å². The molecule has 6 aromatic heterocycles. The van der Waals surface area contributed by atoms with Crippen LogP contribution in [0.5, 0.6) is 0 Å². The van der Waals surface area contributed by atoms with E-state index in [-0.39, 0.29) is 54.8 Å². The van der Waals surface area contributed by atoms with Crippen molar-refractivity contribution in [1.29, 1.82) is 0 Å². The Morgan fingerprint density at radius 1 is 0.610 bits per heavy atom. The minimum absolute atomic E-state index is 0. The van der Waals surface area contributed by atoms with Crippen molar-refractivity contribution in [2.45, 2.75) is 73.6 Å². The number of aliphatic hydroxyl groups excluding tert-OH is 7. The van der Waals surface area contributed by atoms with Crippen LogP contribution in [0, 0.1) is 37.0 Å². The summed E-state index contributed by atoms with van der Waals surface area (Å²) in [6.07, 6.45) is 12.3. The van der Waals surface area contributed by atoms with E-state index in [1.807, 2.05) is 6.07 Å². The number of halogens is 1. The average Bonchev–Trinajstić information content (AvgIpc) is 4.33. The number of hydrogen-bond acceptors (Lipinski definition) is 25. The third-order valence-corrected chi connectivity index (χ3v) is 11.8. The number of nitrogens with two attached hydrogens (primary N) is 2. The molecule has 0 aliphatic carbocycles. The average molecular weight is 1140 g/mol. The molecule has 0 spiro atoms. The Morgan fingerprint density at radius 2 is 1.01 bits per heavy atom. The van der Waals surface area contributed by atoms with Gasteiger partial charge in [0, 0.05) is 5.56 Å². The zero-order chi connectivity index (χ0) is 53.8. The molecule has 31 heteroatoms. The summed E-state index contributed by atoms with van der Waals surface area (Å²) >= 11 is 3.01. The summed E-state index contributed by atoms with van der Waals surface area (Å²) in [4.78, 5) is 49.2. The fraction of sp³-hybridized carbons (Fsp3) is 0.391. The predicted octanol–water partition coefficient (Wildman–Crippen LogP) is -2.60. The molecule has 1 aromatic carbocycles. The van der Waals surface area contributed by atoms with Crippen LogP contribution in [0.15, 0.2) is 68.3 Å². The Hall–Kier alpha value is -7.46. The molecular formula is C46H55BrN16O14. The molecule has 0 bridgehead atoms. The monoisotopic (exact) mass is 1130 g/mol. The molecular weight excluding hydrogens is 1080 g/mol. The van der Waals surface area contributed by atoms with Gasteiger partial charge >= 0.3 is 0 Å². The molecule has 30 nitrogen and oxygen atoms in total. The summed E-state index contributed by atoms with van der Waals surface area (Å²) < 4.78 is 32.4. The number of amides is 1. The summed E-state index contributed by atoms with van der Waals surface area (Å²) in [7, 11) is 0. The molecule has 3 unspecified atom stereocenters. The van der Waals surface area contributed by atoms with Gasteiger partial charge in [0.25, 0.3) is 5.91 Å². The van der Waals surface area contributed by atoms with Crippen LogP contribution in [0.1, 0.15) is 29.0 Å². The van der Waals surface area contributed by atoms with Crippen LogP contribution in [0.25, 0.3) is 33.5 Å². The number of imidazole rings is 3. The lowest BCUT2D eigenvalue weighted by molar-refractivity contribution is -0.0636. The second kappa shape index (κ2) is 28.1. The maximum Gasteiger partial charge on any atom is 0.256 e. The Balaban J connectivity index is 0.000000208. The van der Waals surface area contributed by atoms with Crippen molar-refractivity contribution in [2.24, 2.45) is 0 Å². The first-order chi connectivity index (χ1) is 36.3. The van der Waals surface area contributed by atoms with Gasteiger partial charge in [0.2, 0.25) is 0 Å². The maximum absolute atomic E-state index is 12.5. The van der Waals surface area contributed by atoms with Gasteiger partial charge in [-0.1, -0.05) is 51.9 Å². The molecule has 77 heavy (non-hydrogen) atoms. The molecule has 7 aromatic rings. The second-order valence-corrected chi connectivity index (χ2v) is 16.6. The molecule has 3 aliphatic heterocycles. The van der Waals surface area contributed by atoms with E-state index in [9.17, 15) is 35.4 Å². The number of terminal acetylenes is 3. The summed E-state index contributed by atoms with van der Waals surface area (Å²) in [6, 6.07) is 8.70. The van der Waals surface area contributed by atoms with Crippen LogP contribution in [0.2, 0.25) is 0 Å². The van der Waals surface area contributed by atoms with E-state index in [4.69, 9.17) is 59.5 Å². The first-order valence-corrected chi connectivity index (χ1v) is 23.5. The zero-order valence-electron chi connectivity index (χ0n) is 40.4. The highest BCUT2D eigenvalue weighted by Gasteiger charge is 2.47. The van der Waals surface area contributed by atoms with E-state index in [0.29, 0.717) is 44.4 Å². The predicted molar refractivity (Wildman–Crippen MR) is 275 cm³/mol. The number of fused-ring (bicyclic) bond motifs is 3. The third kappa shape index (κ3) is 13.0. The van der Waals surface area contributed by atoms with Crippen LogP contribution in [0.3, 0.4) is 0 Å². The molecule has 3 fully saturated rings. The SMILES string of the molecule is C#CCBr.C#CCO[C@H]1C(O)[C@@H](CO)O[C@H]1n1cnc2c(N)ncnc21.C#CCO[C@H]1C(O)[C@@H](CO)O[C@H]1n1cnc2c(NC(=O)c3ccccc3)ncnc21.N.Nc1ncnc2c1ncn2[C@@H]1O[C@H](CO)C(O)[C@@H]1O.O. The smallest absolute Gasteiger partial charge is 0.256 e.